The average molecular weight is 238 g/mol. The van der Waals surface area contributed by atoms with Gasteiger partial charge < -0.3 is 14.6 Å². The molecule has 0 spiro atoms. The number of carboxylic acid groups (broad SMARTS) is 1. The van der Waals surface area contributed by atoms with E-state index in [1.165, 1.54) is 24.3 Å². The van der Waals surface area contributed by atoms with Gasteiger partial charge in [-0.1, -0.05) is 12.1 Å². The van der Waals surface area contributed by atoms with E-state index in [0.717, 1.165) is 0 Å². The van der Waals surface area contributed by atoms with Crippen LogP contribution in [0.3, 0.4) is 0 Å². The van der Waals surface area contributed by atoms with Crippen molar-refractivity contribution in [1.82, 2.24) is 0 Å². The van der Waals surface area contributed by atoms with Crippen LogP contribution in [0.4, 0.5) is 4.79 Å². The van der Waals surface area contributed by atoms with E-state index < -0.39 is 18.1 Å². The van der Waals surface area contributed by atoms with Crippen molar-refractivity contribution in [3.05, 3.63) is 35.4 Å². The number of esters is 1. The van der Waals surface area contributed by atoms with Crippen molar-refractivity contribution in [2.45, 2.75) is 6.92 Å². The number of aromatic carboxylic acids is 1. The van der Waals surface area contributed by atoms with Gasteiger partial charge in [0.1, 0.15) is 0 Å². The number of hydrogen-bond donors (Lipinski definition) is 1. The molecule has 0 amide bonds. The molecular weight excluding hydrogens is 228 g/mol. The van der Waals surface area contributed by atoms with Crippen LogP contribution in [0.15, 0.2) is 24.3 Å². The second kappa shape index (κ2) is 5.64. The second-order valence-corrected chi connectivity index (χ2v) is 2.92. The Morgan fingerprint density at radius 3 is 2.29 bits per heavy atom. The van der Waals surface area contributed by atoms with Gasteiger partial charge >= 0.3 is 18.1 Å². The van der Waals surface area contributed by atoms with Crippen LogP contribution < -0.4 is 0 Å². The molecule has 0 aliphatic rings. The number of rotatable bonds is 3. The molecule has 0 aromatic heterocycles. The molecule has 0 heterocycles. The molecule has 0 radical (unpaired) electrons. The molecule has 90 valence electrons. The van der Waals surface area contributed by atoms with Crippen LogP contribution in [0.5, 0.6) is 0 Å². The highest BCUT2D eigenvalue weighted by atomic mass is 16.7. The van der Waals surface area contributed by atoms with Gasteiger partial charge in [0.25, 0.3) is 0 Å². The van der Waals surface area contributed by atoms with Gasteiger partial charge in [-0.05, 0) is 19.1 Å². The molecule has 0 atom stereocenters. The first-order valence-corrected chi connectivity index (χ1v) is 4.77. The fraction of sp³-hybridized carbons (Fsp3) is 0.182. The van der Waals surface area contributed by atoms with Crippen molar-refractivity contribution in [2.24, 2.45) is 0 Å². The summed E-state index contributed by atoms with van der Waals surface area (Å²) in [6.07, 6.45) is -1.15. The van der Waals surface area contributed by atoms with Crippen LogP contribution in [0, 0.1) is 0 Å². The van der Waals surface area contributed by atoms with Gasteiger partial charge in [-0.3, -0.25) is 0 Å². The standard InChI is InChI=1S/C11H10O6/c1-2-16-11(15)17-10(14)8-6-4-3-5-7(8)9(12)13/h3-6H,2H2,1H3,(H,12,13). The Labute approximate surface area is 96.8 Å². The predicted molar refractivity (Wildman–Crippen MR) is 55.8 cm³/mol. The first kappa shape index (κ1) is 12.7. The third-order valence-corrected chi connectivity index (χ3v) is 1.82. The summed E-state index contributed by atoms with van der Waals surface area (Å²) >= 11 is 0. The molecule has 6 heteroatoms. The molecule has 0 saturated carbocycles. The number of carbonyl (C=O) groups is 3. The number of carboxylic acids is 1. The maximum Gasteiger partial charge on any atom is 0.516 e. The van der Waals surface area contributed by atoms with Crippen LogP contribution in [-0.4, -0.2) is 29.8 Å². The zero-order chi connectivity index (χ0) is 12.8. The lowest BCUT2D eigenvalue weighted by Crippen LogP contribution is -2.16. The van der Waals surface area contributed by atoms with Gasteiger partial charge in [0.05, 0.1) is 17.7 Å². The molecule has 0 fully saturated rings. The van der Waals surface area contributed by atoms with Gasteiger partial charge in [0.15, 0.2) is 0 Å². The molecule has 1 aromatic carbocycles. The van der Waals surface area contributed by atoms with Gasteiger partial charge in [-0.2, -0.15) is 0 Å². The summed E-state index contributed by atoms with van der Waals surface area (Å²) < 4.78 is 8.71. The van der Waals surface area contributed by atoms with E-state index in [9.17, 15) is 14.4 Å². The Bertz CT molecular complexity index is 451. The van der Waals surface area contributed by atoms with Gasteiger partial charge in [-0.15, -0.1) is 0 Å². The lowest BCUT2D eigenvalue weighted by molar-refractivity contribution is 0.0394. The number of benzene rings is 1. The van der Waals surface area contributed by atoms with Crippen molar-refractivity contribution in [3.8, 4) is 0 Å². The molecule has 6 nitrogen and oxygen atoms in total. The second-order valence-electron chi connectivity index (χ2n) is 2.92. The minimum absolute atomic E-state index is 0.0622. The van der Waals surface area contributed by atoms with Crippen molar-refractivity contribution in [3.63, 3.8) is 0 Å². The molecule has 0 saturated heterocycles. The van der Waals surface area contributed by atoms with Crippen molar-refractivity contribution in [2.75, 3.05) is 6.61 Å². The van der Waals surface area contributed by atoms with E-state index in [4.69, 9.17) is 5.11 Å². The number of carbonyl (C=O) groups excluding carboxylic acids is 2. The van der Waals surface area contributed by atoms with Crippen LogP contribution in [-0.2, 0) is 9.47 Å². The summed E-state index contributed by atoms with van der Waals surface area (Å²) in [5.41, 5.74) is -0.435. The highest BCUT2D eigenvalue weighted by Crippen LogP contribution is 2.10. The Morgan fingerprint density at radius 1 is 1.18 bits per heavy atom. The van der Waals surface area contributed by atoms with Gasteiger partial charge in [0, 0.05) is 0 Å². The van der Waals surface area contributed by atoms with Crippen LogP contribution in [0.2, 0.25) is 0 Å². The summed E-state index contributed by atoms with van der Waals surface area (Å²) in [6.45, 7) is 1.61. The molecule has 0 aliphatic heterocycles. The Morgan fingerprint density at radius 2 is 1.76 bits per heavy atom. The minimum atomic E-state index is -1.28. The Kier molecular flexibility index (Phi) is 4.21. The lowest BCUT2D eigenvalue weighted by atomic mass is 10.1. The largest absolute Gasteiger partial charge is 0.516 e. The SMILES string of the molecule is CCOC(=O)OC(=O)c1ccccc1C(=O)O. The monoisotopic (exact) mass is 238 g/mol. The highest BCUT2D eigenvalue weighted by molar-refractivity contribution is 6.04. The summed E-state index contributed by atoms with van der Waals surface area (Å²) in [5, 5.41) is 8.83. The fourth-order valence-corrected chi connectivity index (χ4v) is 1.13. The normalized spacial score (nSPS) is 9.47. The fourth-order valence-electron chi connectivity index (χ4n) is 1.13. The van der Waals surface area contributed by atoms with Gasteiger partial charge in [-0.25, -0.2) is 14.4 Å². The molecule has 1 N–H and O–H groups in total. The molecule has 0 unspecified atom stereocenters. The molecule has 1 aromatic rings. The summed E-state index contributed by atoms with van der Waals surface area (Å²) in [5.74, 6) is -2.33. The van der Waals surface area contributed by atoms with E-state index in [2.05, 4.69) is 9.47 Å². The molecule has 17 heavy (non-hydrogen) atoms. The quantitative estimate of drug-likeness (QED) is 0.636. The smallest absolute Gasteiger partial charge is 0.478 e. The lowest BCUT2D eigenvalue weighted by Gasteiger charge is -2.05. The van der Waals surface area contributed by atoms with E-state index in [1.54, 1.807) is 6.92 Å². The van der Waals surface area contributed by atoms with Gasteiger partial charge in [0.2, 0.25) is 0 Å². The maximum atomic E-state index is 11.5. The van der Waals surface area contributed by atoms with Crippen LogP contribution >= 0.6 is 0 Å². The molecule has 0 aliphatic carbocycles. The van der Waals surface area contributed by atoms with E-state index >= 15 is 0 Å². The van der Waals surface area contributed by atoms with Crippen molar-refractivity contribution in [1.29, 1.82) is 0 Å². The average Bonchev–Trinajstić information content (AvgIpc) is 2.29. The summed E-state index contributed by atoms with van der Waals surface area (Å²) in [4.78, 5) is 33.2. The molecule has 1 rings (SSSR count). The van der Waals surface area contributed by atoms with Crippen LogP contribution in [0.1, 0.15) is 27.6 Å². The molecular formula is C11H10O6. The summed E-state index contributed by atoms with van der Waals surface area (Å²) in [6, 6.07) is 5.42. The number of ether oxygens (including phenoxy) is 2. The topological polar surface area (TPSA) is 89.9 Å². The zero-order valence-electron chi connectivity index (χ0n) is 9.00. The first-order valence-electron chi connectivity index (χ1n) is 4.77. The highest BCUT2D eigenvalue weighted by Gasteiger charge is 2.20. The van der Waals surface area contributed by atoms with E-state index in [1.807, 2.05) is 0 Å². The van der Waals surface area contributed by atoms with Crippen molar-refractivity contribution >= 4 is 18.1 Å². The third kappa shape index (κ3) is 3.30. The Hall–Kier alpha value is -2.37. The third-order valence-electron chi connectivity index (χ3n) is 1.82. The maximum absolute atomic E-state index is 11.5. The predicted octanol–water partition coefficient (Wildman–Crippen LogP) is 1.70. The minimum Gasteiger partial charge on any atom is -0.478 e. The van der Waals surface area contributed by atoms with E-state index in [0.29, 0.717) is 0 Å². The molecule has 0 bridgehead atoms. The first-order chi connectivity index (χ1) is 8.06. The van der Waals surface area contributed by atoms with Crippen molar-refractivity contribution < 1.29 is 29.0 Å². The summed E-state index contributed by atoms with van der Waals surface area (Å²) in [7, 11) is 0. The Balaban J connectivity index is 2.89. The zero-order valence-corrected chi connectivity index (χ0v) is 9.00. The van der Waals surface area contributed by atoms with E-state index in [-0.39, 0.29) is 17.7 Å². The number of hydrogen-bond acceptors (Lipinski definition) is 5. The van der Waals surface area contributed by atoms with Crippen LogP contribution in [0.25, 0.3) is 0 Å².